The number of H-pyrrole nitrogens is 1. The zero-order valence-electron chi connectivity index (χ0n) is 13.5. The van der Waals surface area contributed by atoms with E-state index in [1.165, 1.54) is 23.9 Å². The fourth-order valence-corrected chi connectivity index (χ4v) is 4.58. The highest BCUT2D eigenvalue weighted by molar-refractivity contribution is 7.99. The van der Waals surface area contributed by atoms with Gasteiger partial charge in [0, 0.05) is 16.3 Å². The van der Waals surface area contributed by atoms with Crippen LogP contribution in [0, 0.1) is 5.82 Å². The maximum absolute atomic E-state index is 12.9. The van der Waals surface area contributed by atoms with Crippen LogP contribution in [-0.4, -0.2) is 35.1 Å². The van der Waals surface area contributed by atoms with Crippen LogP contribution in [-0.2, 0) is 9.84 Å². The van der Waals surface area contributed by atoms with Crippen molar-refractivity contribution >= 4 is 33.2 Å². The largest absolute Gasteiger partial charge is 0.258 e. The van der Waals surface area contributed by atoms with Gasteiger partial charge in [0.1, 0.15) is 5.82 Å². The van der Waals surface area contributed by atoms with Crippen LogP contribution < -0.4 is 0 Å². The minimum Gasteiger partial charge on any atom is -0.258 e. The number of thioether (sulfide) groups is 1. The SMILES string of the molecule is O=S(=O)(CCCSc1n[nH]c(-c2ccc(Cl)cc2)n1)c1ccc(F)cc1. The average Bonchev–Trinajstić information content (AvgIpc) is 3.09. The molecule has 0 amide bonds. The molecule has 1 heterocycles. The third kappa shape index (κ3) is 4.84. The van der Waals surface area contributed by atoms with Crippen molar-refractivity contribution in [2.24, 2.45) is 0 Å². The highest BCUT2D eigenvalue weighted by Gasteiger charge is 2.14. The number of aromatic nitrogens is 3. The van der Waals surface area contributed by atoms with E-state index in [-0.39, 0.29) is 10.6 Å². The van der Waals surface area contributed by atoms with E-state index < -0.39 is 15.7 Å². The molecule has 1 N–H and O–H groups in total. The van der Waals surface area contributed by atoms with E-state index >= 15 is 0 Å². The van der Waals surface area contributed by atoms with Crippen LogP contribution in [0.2, 0.25) is 5.02 Å². The number of aromatic amines is 1. The Hall–Kier alpha value is -1.90. The highest BCUT2D eigenvalue weighted by Crippen LogP contribution is 2.22. The van der Waals surface area contributed by atoms with Gasteiger partial charge in [0.05, 0.1) is 10.6 Å². The first-order chi connectivity index (χ1) is 12.4. The van der Waals surface area contributed by atoms with Crippen LogP contribution in [0.5, 0.6) is 0 Å². The standard InChI is InChI=1S/C17H15ClFN3O2S2/c18-13-4-2-12(3-5-13)16-20-17(22-21-16)25-10-1-11-26(23,24)15-8-6-14(19)7-9-15/h2-9H,1,10-11H2,(H,20,21,22). The van der Waals surface area contributed by atoms with E-state index in [9.17, 15) is 12.8 Å². The van der Waals surface area contributed by atoms with E-state index in [0.717, 1.165) is 17.7 Å². The maximum atomic E-state index is 12.9. The molecule has 26 heavy (non-hydrogen) atoms. The minimum absolute atomic E-state index is 0.0138. The minimum atomic E-state index is -3.41. The van der Waals surface area contributed by atoms with Gasteiger partial charge in [0.25, 0.3) is 0 Å². The number of hydrogen-bond donors (Lipinski definition) is 1. The first-order valence-electron chi connectivity index (χ1n) is 7.73. The van der Waals surface area contributed by atoms with Crippen LogP contribution in [0.4, 0.5) is 4.39 Å². The molecule has 3 aromatic rings. The molecule has 0 aliphatic heterocycles. The second-order valence-electron chi connectivity index (χ2n) is 5.45. The fraction of sp³-hybridized carbons (Fsp3) is 0.176. The second kappa shape index (κ2) is 8.20. The normalized spacial score (nSPS) is 11.6. The summed E-state index contributed by atoms with van der Waals surface area (Å²) in [7, 11) is -3.41. The Balaban J connectivity index is 1.52. The summed E-state index contributed by atoms with van der Waals surface area (Å²) in [6.45, 7) is 0. The molecule has 0 spiro atoms. The van der Waals surface area contributed by atoms with E-state index in [1.807, 2.05) is 12.1 Å². The van der Waals surface area contributed by atoms with Crippen molar-refractivity contribution in [3.05, 3.63) is 59.4 Å². The second-order valence-corrected chi connectivity index (χ2v) is 9.06. The lowest BCUT2D eigenvalue weighted by molar-refractivity contribution is 0.593. The van der Waals surface area contributed by atoms with E-state index in [0.29, 0.717) is 28.2 Å². The summed E-state index contributed by atoms with van der Waals surface area (Å²) in [5.41, 5.74) is 0.868. The Kier molecular flexibility index (Phi) is 5.95. The predicted molar refractivity (Wildman–Crippen MR) is 101 cm³/mol. The maximum Gasteiger partial charge on any atom is 0.208 e. The number of sulfone groups is 1. The molecule has 2 aromatic carbocycles. The van der Waals surface area contributed by atoms with Gasteiger partial charge in [-0.05, 0) is 55.0 Å². The van der Waals surface area contributed by atoms with Crippen molar-refractivity contribution in [1.29, 1.82) is 0 Å². The molecule has 0 saturated carbocycles. The zero-order valence-corrected chi connectivity index (χ0v) is 15.9. The monoisotopic (exact) mass is 411 g/mol. The van der Waals surface area contributed by atoms with Gasteiger partial charge in [-0.15, -0.1) is 5.10 Å². The lowest BCUT2D eigenvalue weighted by atomic mass is 10.2. The number of rotatable bonds is 7. The smallest absolute Gasteiger partial charge is 0.208 e. The fourth-order valence-electron chi connectivity index (χ4n) is 2.22. The molecule has 0 unspecified atom stereocenters. The van der Waals surface area contributed by atoms with Gasteiger partial charge >= 0.3 is 0 Å². The number of nitrogens with one attached hydrogen (secondary N) is 1. The van der Waals surface area contributed by atoms with Gasteiger partial charge in [-0.2, -0.15) is 0 Å². The molecule has 0 bridgehead atoms. The van der Waals surface area contributed by atoms with Crippen molar-refractivity contribution in [3.63, 3.8) is 0 Å². The summed E-state index contributed by atoms with van der Waals surface area (Å²) in [5, 5.41) is 8.16. The number of benzene rings is 2. The third-order valence-corrected chi connectivity index (χ3v) is 6.55. The van der Waals surface area contributed by atoms with Gasteiger partial charge in [0.2, 0.25) is 5.16 Å². The predicted octanol–water partition coefficient (Wildman–Crippen LogP) is 4.22. The van der Waals surface area contributed by atoms with Gasteiger partial charge in [-0.1, -0.05) is 23.4 Å². The van der Waals surface area contributed by atoms with Gasteiger partial charge < -0.3 is 0 Å². The first kappa shape index (κ1) is 18.9. The molecule has 0 saturated heterocycles. The zero-order chi connectivity index (χ0) is 18.6. The molecule has 136 valence electrons. The Bertz CT molecular complexity index is 974. The Morgan fingerprint density at radius 2 is 1.77 bits per heavy atom. The Labute approximate surface area is 159 Å². The summed E-state index contributed by atoms with van der Waals surface area (Å²) in [5.74, 6) is 0.710. The lowest BCUT2D eigenvalue weighted by Crippen LogP contribution is -2.07. The summed E-state index contributed by atoms with van der Waals surface area (Å²) < 4.78 is 37.3. The van der Waals surface area contributed by atoms with Crippen LogP contribution >= 0.6 is 23.4 Å². The molecule has 9 heteroatoms. The molecule has 3 rings (SSSR count). The number of nitrogens with zero attached hydrogens (tertiary/aromatic N) is 2. The van der Waals surface area contributed by atoms with Crippen LogP contribution in [0.25, 0.3) is 11.4 Å². The van der Waals surface area contributed by atoms with Gasteiger partial charge in [-0.25, -0.2) is 17.8 Å². The van der Waals surface area contributed by atoms with Crippen molar-refractivity contribution < 1.29 is 12.8 Å². The topological polar surface area (TPSA) is 75.7 Å². The summed E-state index contributed by atoms with van der Waals surface area (Å²) >= 11 is 7.23. The van der Waals surface area contributed by atoms with Gasteiger partial charge in [-0.3, -0.25) is 5.10 Å². The molecular formula is C17H15ClFN3O2S2. The first-order valence-corrected chi connectivity index (χ1v) is 10.7. The third-order valence-electron chi connectivity index (χ3n) is 3.54. The van der Waals surface area contributed by atoms with Crippen molar-refractivity contribution in [2.75, 3.05) is 11.5 Å². The van der Waals surface area contributed by atoms with Crippen molar-refractivity contribution in [2.45, 2.75) is 16.5 Å². The molecule has 0 fully saturated rings. The highest BCUT2D eigenvalue weighted by atomic mass is 35.5. The summed E-state index contributed by atoms with van der Waals surface area (Å²) in [6.07, 6.45) is 0.440. The van der Waals surface area contributed by atoms with Crippen LogP contribution in [0.15, 0.2) is 58.6 Å². The van der Waals surface area contributed by atoms with Crippen LogP contribution in [0.3, 0.4) is 0 Å². The molecular weight excluding hydrogens is 397 g/mol. The number of halogens is 2. The average molecular weight is 412 g/mol. The molecule has 5 nitrogen and oxygen atoms in total. The van der Waals surface area contributed by atoms with E-state index in [1.54, 1.807) is 12.1 Å². The van der Waals surface area contributed by atoms with E-state index in [2.05, 4.69) is 15.2 Å². The Morgan fingerprint density at radius 1 is 1.08 bits per heavy atom. The molecule has 1 aromatic heterocycles. The molecule has 0 aliphatic rings. The van der Waals surface area contributed by atoms with Gasteiger partial charge in [0.15, 0.2) is 15.7 Å². The lowest BCUT2D eigenvalue weighted by Gasteiger charge is -2.03. The summed E-state index contributed by atoms with van der Waals surface area (Å²) in [4.78, 5) is 4.51. The molecule has 0 radical (unpaired) electrons. The molecule has 0 atom stereocenters. The van der Waals surface area contributed by atoms with Crippen molar-refractivity contribution in [1.82, 2.24) is 15.2 Å². The number of hydrogen-bond acceptors (Lipinski definition) is 5. The Morgan fingerprint density at radius 3 is 2.46 bits per heavy atom. The quantitative estimate of drug-likeness (QED) is 0.358. The van der Waals surface area contributed by atoms with Crippen molar-refractivity contribution in [3.8, 4) is 11.4 Å². The van der Waals surface area contributed by atoms with E-state index in [4.69, 9.17) is 11.6 Å². The van der Waals surface area contributed by atoms with Crippen LogP contribution in [0.1, 0.15) is 6.42 Å². The molecule has 0 aliphatic carbocycles. The summed E-state index contributed by atoms with van der Waals surface area (Å²) in [6, 6.07) is 12.1.